The van der Waals surface area contributed by atoms with Crippen LogP contribution in [0.25, 0.3) is 0 Å². The van der Waals surface area contributed by atoms with Crippen molar-refractivity contribution in [2.75, 3.05) is 27.1 Å². The quantitative estimate of drug-likeness (QED) is 0.756. The largest absolute Gasteiger partial charge is 0.468 e. The molecule has 0 aromatic heterocycles. The summed E-state index contributed by atoms with van der Waals surface area (Å²) in [6.45, 7) is 1.12. The number of nitrogens with zero attached hydrogens (tertiary/aromatic N) is 1. The van der Waals surface area contributed by atoms with E-state index in [0.29, 0.717) is 24.5 Å². The van der Waals surface area contributed by atoms with Crippen LogP contribution in [0.1, 0.15) is 5.56 Å². The van der Waals surface area contributed by atoms with Crippen LogP contribution in [0.4, 0.5) is 0 Å². The highest BCUT2D eigenvalue weighted by molar-refractivity contribution is 5.34. The summed E-state index contributed by atoms with van der Waals surface area (Å²) in [4.78, 5) is 0. The zero-order valence-corrected chi connectivity index (χ0v) is 11.7. The minimum Gasteiger partial charge on any atom is -0.468 e. The van der Waals surface area contributed by atoms with Crippen LogP contribution in [0.2, 0.25) is 0 Å². The van der Waals surface area contributed by atoms with Gasteiger partial charge in [-0.1, -0.05) is 0 Å². The number of benzene rings is 1. The zero-order chi connectivity index (χ0) is 14.7. The molecule has 2 aliphatic rings. The van der Waals surface area contributed by atoms with Crippen LogP contribution in [0.3, 0.4) is 0 Å². The van der Waals surface area contributed by atoms with Gasteiger partial charge in [-0.25, -0.2) is 0 Å². The topological polar surface area (TPSA) is 69.9 Å². The first kappa shape index (κ1) is 14.3. The Kier molecular flexibility index (Phi) is 4.36. The molecule has 2 aliphatic heterocycles. The molecule has 0 bridgehead atoms. The molecule has 0 amide bonds. The van der Waals surface area contributed by atoms with E-state index in [-0.39, 0.29) is 31.2 Å². The number of fused-ring (bicyclic) bond motifs is 1. The van der Waals surface area contributed by atoms with Gasteiger partial charge in [0.05, 0.1) is 24.8 Å². The van der Waals surface area contributed by atoms with Gasteiger partial charge in [-0.15, -0.1) is 0 Å². The maximum absolute atomic E-state index is 8.72. The average molecular weight is 291 g/mol. The molecule has 2 fully saturated rings. The molecule has 0 saturated carbocycles. The second-order valence-corrected chi connectivity index (χ2v) is 4.97. The molecule has 2 heterocycles. The second-order valence-electron chi connectivity index (χ2n) is 4.97. The summed E-state index contributed by atoms with van der Waals surface area (Å²) in [6.07, 6.45) is -0.328. The Balaban J connectivity index is 1.47. The Morgan fingerprint density at radius 2 is 1.81 bits per heavy atom. The predicted molar refractivity (Wildman–Crippen MR) is 71.8 cm³/mol. The van der Waals surface area contributed by atoms with Gasteiger partial charge in [-0.05, 0) is 24.3 Å². The van der Waals surface area contributed by atoms with Gasteiger partial charge in [0, 0.05) is 7.11 Å². The van der Waals surface area contributed by atoms with Gasteiger partial charge in [0.25, 0.3) is 0 Å². The summed E-state index contributed by atoms with van der Waals surface area (Å²) >= 11 is 0. The van der Waals surface area contributed by atoms with Crippen molar-refractivity contribution in [3.63, 3.8) is 0 Å². The van der Waals surface area contributed by atoms with Crippen LogP contribution in [-0.4, -0.2) is 51.5 Å². The van der Waals surface area contributed by atoms with E-state index in [0.717, 1.165) is 0 Å². The van der Waals surface area contributed by atoms with Crippen molar-refractivity contribution >= 4 is 0 Å². The molecular formula is C15H17NO5. The van der Waals surface area contributed by atoms with Crippen LogP contribution in [-0.2, 0) is 18.9 Å². The first-order valence-electron chi connectivity index (χ1n) is 6.82. The third kappa shape index (κ3) is 3.01. The molecular weight excluding hydrogens is 274 g/mol. The lowest BCUT2D eigenvalue weighted by atomic mass is 10.1. The van der Waals surface area contributed by atoms with E-state index < -0.39 is 0 Å². The number of hydrogen-bond acceptors (Lipinski definition) is 6. The zero-order valence-electron chi connectivity index (χ0n) is 11.7. The van der Waals surface area contributed by atoms with Crippen molar-refractivity contribution in [1.29, 1.82) is 5.26 Å². The molecule has 3 rings (SSSR count). The molecule has 6 heteroatoms. The first-order chi connectivity index (χ1) is 10.3. The van der Waals surface area contributed by atoms with E-state index in [9.17, 15) is 0 Å². The normalized spacial score (nSPS) is 30.9. The smallest absolute Gasteiger partial charge is 0.189 e. The minimum absolute atomic E-state index is 0.0250. The number of rotatable bonds is 5. The van der Waals surface area contributed by atoms with Crippen molar-refractivity contribution in [3.05, 3.63) is 29.8 Å². The van der Waals surface area contributed by atoms with Gasteiger partial charge in [-0.2, -0.15) is 5.26 Å². The molecule has 4 atom stereocenters. The molecule has 1 aromatic carbocycles. The van der Waals surface area contributed by atoms with Gasteiger partial charge in [-0.3, -0.25) is 0 Å². The van der Waals surface area contributed by atoms with E-state index in [1.807, 2.05) is 0 Å². The van der Waals surface area contributed by atoms with E-state index in [2.05, 4.69) is 6.07 Å². The Morgan fingerprint density at radius 1 is 1.14 bits per heavy atom. The molecule has 112 valence electrons. The molecule has 6 nitrogen and oxygen atoms in total. The monoisotopic (exact) mass is 291 g/mol. The predicted octanol–water partition coefficient (Wildman–Crippen LogP) is 1.09. The number of ether oxygens (including phenoxy) is 5. The van der Waals surface area contributed by atoms with Crippen LogP contribution >= 0.6 is 0 Å². The molecule has 4 unspecified atom stereocenters. The highest BCUT2D eigenvalue weighted by Gasteiger charge is 2.48. The molecule has 2 saturated heterocycles. The van der Waals surface area contributed by atoms with Crippen LogP contribution in [0.5, 0.6) is 5.75 Å². The van der Waals surface area contributed by atoms with Gasteiger partial charge in [0.1, 0.15) is 30.2 Å². The van der Waals surface area contributed by atoms with Gasteiger partial charge >= 0.3 is 0 Å². The van der Waals surface area contributed by atoms with Crippen LogP contribution < -0.4 is 4.74 Å². The Hall–Kier alpha value is -1.65. The van der Waals surface area contributed by atoms with Crippen molar-refractivity contribution in [3.8, 4) is 11.8 Å². The van der Waals surface area contributed by atoms with Crippen LogP contribution in [0, 0.1) is 11.3 Å². The van der Waals surface area contributed by atoms with Crippen molar-refractivity contribution in [2.45, 2.75) is 24.4 Å². The van der Waals surface area contributed by atoms with E-state index in [1.54, 1.807) is 31.4 Å². The van der Waals surface area contributed by atoms with Gasteiger partial charge in [0.15, 0.2) is 6.79 Å². The lowest BCUT2D eigenvalue weighted by Crippen LogP contribution is -2.34. The van der Waals surface area contributed by atoms with Crippen molar-refractivity contribution < 1.29 is 23.7 Å². The molecule has 21 heavy (non-hydrogen) atoms. The van der Waals surface area contributed by atoms with Crippen LogP contribution in [0.15, 0.2) is 24.3 Å². The third-order valence-corrected chi connectivity index (χ3v) is 3.76. The lowest BCUT2D eigenvalue weighted by molar-refractivity contribution is -0.0844. The molecule has 1 aromatic rings. The Bertz CT molecular complexity index is 512. The summed E-state index contributed by atoms with van der Waals surface area (Å²) in [6, 6.07) is 8.94. The first-order valence-corrected chi connectivity index (χ1v) is 6.82. The lowest BCUT2D eigenvalue weighted by Gasteiger charge is -2.17. The fourth-order valence-corrected chi connectivity index (χ4v) is 2.59. The summed E-state index contributed by atoms with van der Waals surface area (Å²) in [7, 11) is 1.65. The van der Waals surface area contributed by atoms with Gasteiger partial charge in [0.2, 0.25) is 0 Å². The maximum atomic E-state index is 8.72. The standard InChI is InChI=1S/C15H17NO5/c1-17-12-7-18-15-13(8-19-14(12)15)21-9-20-11-4-2-10(6-16)3-5-11/h2-5,12-15H,7-9H2,1H3. The fraction of sp³-hybridized carbons (Fsp3) is 0.533. The maximum Gasteiger partial charge on any atom is 0.189 e. The summed E-state index contributed by atoms with van der Waals surface area (Å²) in [5, 5.41) is 8.72. The van der Waals surface area contributed by atoms with E-state index >= 15 is 0 Å². The van der Waals surface area contributed by atoms with Crippen molar-refractivity contribution in [1.82, 2.24) is 0 Å². The molecule has 0 radical (unpaired) electrons. The highest BCUT2D eigenvalue weighted by Crippen LogP contribution is 2.30. The second kappa shape index (κ2) is 6.41. The summed E-state index contributed by atoms with van der Waals surface area (Å²) in [5.74, 6) is 0.659. The Morgan fingerprint density at radius 3 is 2.48 bits per heavy atom. The third-order valence-electron chi connectivity index (χ3n) is 3.76. The fourth-order valence-electron chi connectivity index (χ4n) is 2.59. The highest BCUT2D eigenvalue weighted by atomic mass is 16.7. The van der Waals surface area contributed by atoms with E-state index in [1.165, 1.54) is 0 Å². The summed E-state index contributed by atoms with van der Waals surface area (Å²) in [5.41, 5.74) is 0.597. The summed E-state index contributed by atoms with van der Waals surface area (Å²) < 4.78 is 27.8. The number of nitriles is 1. The number of methoxy groups -OCH3 is 1. The van der Waals surface area contributed by atoms with Crippen molar-refractivity contribution in [2.24, 2.45) is 0 Å². The Labute approximate surface area is 123 Å². The van der Waals surface area contributed by atoms with E-state index in [4.69, 9.17) is 28.9 Å². The average Bonchev–Trinajstić information content (AvgIpc) is 3.10. The minimum atomic E-state index is -0.145. The van der Waals surface area contributed by atoms with Gasteiger partial charge < -0.3 is 23.7 Å². The molecule has 0 spiro atoms. The molecule has 0 aliphatic carbocycles. The SMILES string of the molecule is COC1COC2C(OCOc3ccc(C#N)cc3)COC12. The molecule has 0 N–H and O–H groups in total. The number of hydrogen-bond donors (Lipinski definition) is 0.